The van der Waals surface area contributed by atoms with E-state index in [9.17, 15) is 0 Å². The molecule has 2 aromatic heterocycles. The second-order valence-corrected chi connectivity index (χ2v) is 5.60. The average molecular weight is 270 g/mol. The van der Waals surface area contributed by atoms with Gasteiger partial charge in [-0.2, -0.15) is 0 Å². The summed E-state index contributed by atoms with van der Waals surface area (Å²) in [5.41, 5.74) is 5.15. The number of aromatic nitrogens is 4. The van der Waals surface area contributed by atoms with Crippen LogP contribution in [0.2, 0.25) is 0 Å². The van der Waals surface area contributed by atoms with E-state index >= 15 is 0 Å². The lowest BCUT2D eigenvalue weighted by molar-refractivity contribution is 0.653. The van der Waals surface area contributed by atoms with Gasteiger partial charge in [-0.3, -0.25) is 4.57 Å². The summed E-state index contributed by atoms with van der Waals surface area (Å²) in [6, 6.07) is 1.89. The number of anilines is 1. The molecule has 4 rings (SSSR count). The molecular formula is C14H18N6. The van der Waals surface area contributed by atoms with Crippen LogP contribution in [0.3, 0.4) is 0 Å². The summed E-state index contributed by atoms with van der Waals surface area (Å²) in [6.07, 6.45) is 8.84. The summed E-state index contributed by atoms with van der Waals surface area (Å²) in [5, 5.41) is 0. The zero-order chi connectivity index (χ0) is 13.5. The minimum Gasteiger partial charge on any atom is -0.308 e. The number of nitrogen functional groups attached to an aromatic ring is 1. The molecule has 0 spiro atoms. The van der Waals surface area contributed by atoms with Crippen LogP contribution in [0.5, 0.6) is 0 Å². The van der Waals surface area contributed by atoms with E-state index in [0.29, 0.717) is 11.7 Å². The smallest absolute Gasteiger partial charge is 0.145 e. The Labute approximate surface area is 117 Å². The van der Waals surface area contributed by atoms with Crippen LogP contribution in [0.25, 0.3) is 5.82 Å². The molecule has 0 bridgehead atoms. The van der Waals surface area contributed by atoms with E-state index in [1.807, 2.05) is 12.4 Å². The van der Waals surface area contributed by atoms with Gasteiger partial charge in [0.05, 0.1) is 5.69 Å². The number of fused-ring (bicyclic) bond motifs is 1. The summed E-state index contributed by atoms with van der Waals surface area (Å²) in [6.45, 7) is 0. The predicted octanol–water partition coefficient (Wildman–Crippen LogP) is 1.70. The highest BCUT2D eigenvalue weighted by molar-refractivity contribution is 5.43. The van der Waals surface area contributed by atoms with Crippen LogP contribution in [0.1, 0.15) is 48.8 Å². The number of hydrazine groups is 1. The second kappa shape index (κ2) is 4.56. The Kier molecular flexibility index (Phi) is 2.70. The van der Waals surface area contributed by atoms with Crippen molar-refractivity contribution in [1.82, 2.24) is 19.5 Å². The fraction of sp³-hybridized carbons (Fsp3) is 0.500. The molecule has 0 unspecified atom stereocenters. The van der Waals surface area contributed by atoms with Gasteiger partial charge in [-0.25, -0.2) is 20.8 Å². The minimum absolute atomic E-state index is 0.501. The normalized spacial score (nSPS) is 17.9. The summed E-state index contributed by atoms with van der Waals surface area (Å²) < 4.78 is 2.10. The number of hydrogen-bond acceptors (Lipinski definition) is 5. The maximum atomic E-state index is 5.53. The lowest BCUT2D eigenvalue weighted by Gasteiger charge is -2.14. The molecule has 6 nitrogen and oxygen atoms in total. The van der Waals surface area contributed by atoms with Crippen LogP contribution in [-0.2, 0) is 12.8 Å². The molecule has 1 saturated carbocycles. The summed E-state index contributed by atoms with van der Waals surface area (Å²) in [7, 11) is 0. The van der Waals surface area contributed by atoms with Crippen molar-refractivity contribution < 1.29 is 0 Å². The Balaban J connectivity index is 1.80. The van der Waals surface area contributed by atoms with E-state index in [4.69, 9.17) is 10.8 Å². The Morgan fingerprint density at radius 1 is 1.20 bits per heavy atom. The highest BCUT2D eigenvalue weighted by Crippen LogP contribution is 2.38. The third-order valence-corrected chi connectivity index (χ3v) is 4.10. The average Bonchev–Trinajstić information content (AvgIpc) is 3.26. The van der Waals surface area contributed by atoms with E-state index in [1.165, 1.54) is 37.1 Å². The third kappa shape index (κ3) is 1.96. The molecule has 1 fully saturated rings. The molecule has 0 aromatic carbocycles. The van der Waals surface area contributed by atoms with Crippen LogP contribution in [0.4, 0.5) is 5.82 Å². The van der Waals surface area contributed by atoms with Crippen LogP contribution in [0, 0.1) is 0 Å². The van der Waals surface area contributed by atoms with E-state index in [2.05, 4.69) is 20.0 Å². The van der Waals surface area contributed by atoms with Crippen molar-refractivity contribution in [1.29, 1.82) is 0 Å². The molecule has 6 heteroatoms. The van der Waals surface area contributed by atoms with Crippen LogP contribution >= 0.6 is 0 Å². The van der Waals surface area contributed by atoms with Gasteiger partial charge in [0, 0.05) is 17.7 Å². The van der Waals surface area contributed by atoms with Gasteiger partial charge in [-0.05, 0) is 38.5 Å². The Bertz CT molecular complexity index is 643. The van der Waals surface area contributed by atoms with Crippen molar-refractivity contribution in [3.05, 3.63) is 29.6 Å². The van der Waals surface area contributed by atoms with Crippen molar-refractivity contribution in [2.24, 2.45) is 5.84 Å². The molecule has 2 aliphatic carbocycles. The number of nitrogens with two attached hydrogens (primary N) is 1. The standard InChI is InChI=1S/C14H18N6/c15-19-12-7-13(18-14(17-12)9-5-6-9)20-8-16-10-3-1-2-4-11(10)20/h7-9H,1-6,15H2,(H,17,18,19). The van der Waals surface area contributed by atoms with Gasteiger partial charge >= 0.3 is 0 Å². The van der Waals surface area contributed by atoms with Gasteiger partial charge in [0.15, 0.2) is 0 Å². The second-order valence-electron chi connectivity index (χ2n) is 5.60. The molecule has 0 aliphatic heterocycles. The summed E-state index contributed by atoms with van der Waals surface area (Å²) in [5.74, 6) is 8.49. The molecule has 0 radical (unpaired) electrons. The van der Waals surface area contributed by atoms with Crippen molar-refractivity contribution >= 4 is 5.82 Å². The lowest BCUT2D eigenvalue weighted by atomic mass is 10.0. The van der Waals surface area contributed by atoms with Crippen molar-refractivity contribution in [3.63, 3.8) is 0 Å². The molecule has 3 N–H and O–H groups in total. The fourth-order valence-corrected chi connectivity index (χ4v) is 2.84. The first kappa shape index (κ1) is 11.8. The van der Waals surface area contributed by atoms with Crippen molar-refractivity contribution in [3.8, 4) is 5.82 Å². The monoisotopic (exact) mass is 270 g/mol. The molecule has 104 valence electrons. The number of imidazole rings is 1. The van der Waals surface area contributed by atoms with E-state index in [0.717, 1.165) is 24.5 Å². The quantitative estimate of drug-likeness (QED) is 0.655. The Morgan fingerprint density at radius 2 is 2.05 bits per heavy atom. The number of nitrogens with zero attached hydrogens (tertiary/aromatic N) is 4. The van der Waals surface area contributed by atoms with Gasteiger partial charge in [0.25, 0.3) is 0 Å². The van der Waals surface area contributed by atoms with Gasteiger partial charge < -0.3 is 5.43 Å². The highest BCUT2D eigenvalue weighted by Gasteiger charge is 2.28. The third-order valence-electron chi connectivity index (χ3n) is 4.10. The lowest BCUT2D eigenvalue weighted by Crippen LogP contribution is -2.13. The number of aryl methyl sites for hydroxylation is 1. The maximum Gasteiger partial charge on any atom is 0.145 e. The van der Waals surface area contributed by atoms with Crippen molar-refractivity contribution in [2.45, 2.75) is 44.4 Å². The SMILES string of the molecule is NNc1cc(-n2cnc3c2CCCC3)nc(C2CC2)n1. The van der Waals surface area contributed by atoms with E-state index < -0.39 is 0 Å². The minimum atomic E-state index is 0.501. The van der Waals surface area contributed by atoms with Crippen LogP contribution in [0.15, 0.2) is 12.4 Å². The summed E-state index contributed by atoms with van der Waals surface area (Å²) in [4.78, 5) is 13.7. The Morgan fingerprint density at radius 3 is 2.85 bits per heavy atom. The van der Waals surface area contributed by atoms with Crippen LogP contribution in [-0.4, -0.2) is 19.5 Å². The topological polar surface area (TPSA) is 81.6 Å². The van der Waals surface area contributed by atoms with Gasteiger partial charge in [0.2, 0.25) is 0 Å². The van der Waals surface area contributed by atoms with E-state index in [-0.39, 0.29) is 0 Å². The van der Waals surface area contributed by atoms with Gasteiger partial charge in [-0.1, -0.05) is 0 Å². The first-order valence-corrected chi connectivity index (χ1v) is 7.26. The molecule has 2 aromatic rings. The summed E-state index contributed by atoms with van der Waals surface area (Å²) >= 11 is 0. The van der Waals surface area contributed by atoms with Gasteiger partial charge in [-0.15, -0.1) is 0 Å². The molecule has 20 heavy (non-hydrogen) atoms. The van der Waals surface area contributed by atoms with Gasteiger partial charge in [0.1, 0.15) is 23.8 Å². The van der Waals surface area contributed by atoms with E-state index in [1.54, 1.807) is 0 Å². The molecule has 2 aliphatic rings. The Hall–Kier alpha value is -1.95. The number of hydrogen-bond donors (Lipinski definition) is 2. The fourth-order valence-electron chi connectivity index (χ4n) is 2.84. The zero-order valence-corrected chi connectivity index (χ0v) is 11.3. The molecular weight excluding hydrogens is 252 g/mol. The molecule has 0 saturated heterocycles. The molecule has 2 heterocycles. The first-order chi connectivity index (χ1) is 9.85. The molecule has 0 atom stereocenters. The zero-order valence-electron chi connectivity index (χ0n) is 11.3. The van der Waals surface area contributed by atoms with Crippen molar-refractivity contribution in [2.75, 3.05) is 5.43 Å². The maximum absolute atomic E-state index is 5.53. The number of rotatable bonds is 3. The molecule has 0 amide bonds. The largest absolute Gasteiger partial charge is 0.308 e. The highest BCUT2D eigenvalue weighted by atomic mass is 15.3. The number of nitrogens with one attached hydrogen (secondary N) is 1. The predicted molar refractivity (Wildman–Crippen MR) is 75.6 cm³/mol. The van der Waals surface area contributed by atoms with Crippen LogP contribution < -0.4 is 11.3 Å². The first-order valence-electron chi connectivity index (χ1n) is 7.26.